The van der Waals surface area contributed by atoms with E-state index < -0.39 is 0 Å². The first-order valence-corrected chi connectivity index (χ1v) is 11.6. The number of carbonyl (C=O) groups excluding carboxylic acids is 2. The van der Waals surface area contributed by atoms with Crippen molar-refractivity contribution in [2.24, 2.45) is 11.8 Å². The number of likely N-dealkylation sites (tertiary alicyclic amines) is 2. The fourth-order valence-corrected chi connectivity index (χ4v) is 5.19. The van der Waals surface area contributed by atoms with Gasteiger partial charge in [-0.15, -0.1) is 0 Å². The summed E-state index contributed by atoms with van der Waals surface area (Å²) in [6.45, 7) is 11.3. The van der Waals surface area contributed by atoms with Crippen molar-refractivity contribution < 1.29 is 9.59 Å². The number of anilines is 1. The van der Waals surface area contributed by atoms with Gasteiger partial charge in [0.2, 0.25) is 5.91 Å². The number of amides is 2. The SMILES string of the molecule is Cc1ccc(NC(=O)CC(C)N2CC3CN(C(=O)c4c(C)ccnc4C)CC3C2)cc1Cl. The van der Waals surface area contributed by atoms with Crippen molar-refractivity contribution in [1.82, 2.24) is 14.8 Å². The number of nitrogens with one attached hydrogen (secondary N) is 1. The third kappa shape index (κ3) is 4.66. The summed E-state index contributed by atoms with van der Waals surface area (Å²) in [5.74, 6) is 1.00. The Balaban J connectivity index is 1.30. The van der Waals surface area contributed by atoms with Crippen LogP contribution in [0.25, 0.3) is 0 Å². The van der Waals surface area contributed by atoms with Gasteiger partial charge in [0.25, 0.3) is 5.91 Å². The first-order chi connectivity index (χ1) is 15.2. The van der Waals surface area contributed by atoms with Crippen molar-refractivity contribution in [2.45, 2.75) is 40.2 Å². The van der Waals surface area contributed by atoms with E-state index in [0.29, 0.717) is 23.3 Å². The second-order valence-corrected chi connectivity index (χ2v) is 9.74. The van der Waals surface area contributed by atoms with Crippen molar-refractivity contribution in [3.8, 4) is 0 Å². The van der Waals surface area contributed by atoms with Gasteiger partial charge in [-0.05, 0) is 68.9 Å². The van der Waals surface area contributed by atoms with E-state index in [-0.39, 0.29) is 17.9 Å². The van der Waals surface area contributed by atoms with E-state index in [4.69, 9.17) is 11.6 Å². The van der Waals surface area contributed by atoms with Crippen molar-refractivity contribution >= 4 is 29.1 Å². The quantitative estimate of drug-likeness (QED) is 0.739. The van der Waals surface area contributed by atoms with E-state index in [1.165, 1.54) is 0 Å². The number of aromatic nitrogens is 1. The number of hydrogen-bond donors (Lipinski definition) is 1. The number of pyridine rings is 1. The molecule has 0 spiro atoms. The van der Waals surface area contributed by atoms with Gasteiger partial charge in [-0.3, -0.25) is 19.5 Å². The summed E-state index contributed by atoms with van der Waals surface area (Å²) in [6, 6.07) is 7.62. The minimum atomic E-state index is -0.00573. The fourth-order valence-electron chi connectivity index (χ4n) is 5.01. The minimum Gasteiger partial charge on any atom is -0.338 e. The summed E-state index contributed by atoms with van der Waals surface area (Å²) in [6.07, 6.45) is 2.19. The number of fused-ring (bicyclic) bond motifs is 1. The zero-order valence-electron chi connectivity index (χ0n) is 19.2. The lowest BCUT2D eigenvalue weighted by atomic mass is 10.0. The molecule has 2 fully saturated rings. The predicted molar refractivity (Wildman–Crippen MR) is 127 cm³/mol. The van der Waals surface area contributed by atoms with Crippen LogP contribution in [0.2, 0.25) is 5.02 Å². The third-order valence-electron chi connectivity index (χ3n) is 6.92. The molecule has 1 aromatic heterocycles. The van der Waals surface area contributed by atoms with Crippen molar-refractivity contribution in [3.63, 3.8) is 0 Å². The zero-order valence-corrected chi connectivity index (χ0v) is 19.9. The Morgan fingerprint density at radius 3 is 2.41 bits per heavy atom. The molecule has 1 aromatic carbocycles. The Morgan fingerprint density at radius 2 is 1.78 bits per heavy atom. The van der Waals surface area contributed by atoms with Crippen LogP contribution < -0.4 is 5.32 Å². The standard InChI is InChI=1S/C25H31ClN4O2/c1-15-5-6-21(10-22(15)26)28-23(31)9-17(3)29-11-19-13-30(14-20(19)12-29)25(32)24-16(2)7-8-27-18(24)4/h5-8,10,17,19-20H,9,11-14H2,1-4H3,(H,28,31). The number of hydrogen-bond acceptors (Lipinski definition) is 4. The van der Waals surface area contributed by atoms with Gasteiger partial charge in [-0.25, -0.2) is 0 Å². The first-order valence-electron chi connectivity index (χ1n) is 11.2. The Bertz CT molecular complexity index is 1010. The maximum absolute atomic E-state index is 13.1. The lowest BCUT2D eigenvalue weighted by Crippen LogP contribution is -2.38. The second kappa shape index (κ2) is 9.20. The monoisotopic (exact) mass is 454 g/mol. The summed E-state index contributed by atoms with van der Waals surface area (Å²) in [5, 5.41) is 3.61. The summed E-state index contributed by atoms with van der Waals surface area (Å²) in [5.41, 5.74) is 4.23. The molecule has 0 bridgehead atoms. The molecule has 2 aliphatic heterocycles. The van der Waals surface area contributed by atoms with Gasteiger partial charge < -0.3 is 10.2 Å². The van der Waals surface area contributed by atoms with Gasteiger partial charge in [0, 0.05) is 55.5 Å². The molecule has 6 nitrogen and oxygen atoms in total. The highest BCUT2D eigenvalue weighted by Gasteiger charge is 2.43. The lowest BCUT2D eigenvalue weighted by molar-refractivity contribution is -0.117. The Morgan fingerprint density at radius 1 is 1.09 bits per heavy atom. The van der Waals surface area contributed by atoms with Crippen LogP contribution in [0, 0.1) is 32.6 Å². The molecule has 2 aliphatic rings. The molecule has 2 saturated heterocycles. The molecule has 2 aromatic rings. The average molecular weight is 455 g/mol. The van der Waals surface area contributed by atoms with E-state index in [0.717, 1.165) is 54.3 Å². The number of benzene rings is 1. The van der Waals surface area contributed by atoms with Crippen LogP contribution in [0.3, 0.4) is 0 Å². The minimum absolute atomic E-state index is 0.00573. The number of nitrogens with zero attached hydrogens (tertiary/aromatic N) is 3. The molecule has 3 heterocycles. The van der Waals surface area contributed by atoms with Crippen LogP contribution in [-0.2, 0) is 4.79 Å². The van der Waals surface area contributed by atoms with Crippen molar-refractivity contribution in [3.05, 3.63) is 57.9 Å². The van der Waals surface area contributed by atoms with Gasteiger partial charge in [0.1, 0.15) is 0 Å². The molecule has 2 amide bonds. The molecule has 0 saturated carbocycles. The van der Waals surface area contributed by atoms with E-state index in [1.807, 2.05) is 43.9 Å². The highest BCUT2D eigenvalue weighted by molar-refractivity contribution is 6.31. The van der Waals surface area contributed by atoms with Crippen molar-refractivity contribution in [2.75, 3.05) is 31.5 Å². The molecule has 1 N–H and O–H groups in total. The van der Waals surface area contributed by atoms with E-state index in [1.54, 1.807) is 12.3 Å². The van der Waals surface area contributed by atoms with Crippen LogP contribution in [0.5, 0.6) is 0 Å². The molecule has 0 radical (unpaired) electrons. The summed E-state index contributed by atoms with van der Waals surface area (Å²) in [7, 11) is 0. The van der Waals surface area contributed by atoms with Crippen LogP contribution in [0.15, 0.2) is 30.5 Å². The van der Waals surface area contributed by atoms with Gasteiger partial charge >= 0.3 is 0 Å². The first kappa shape index (κ1) is 22.7. The maximum atomic E-state index is 13.1. The number of carbonyl (C=O) groups is 2. The molecule has 170 valence electrons. The van der Waals surface area contributed by atoms with Gasteiger partial charge in [0.15, 0.2) is 0 Å². The van der Waals surface area contributed by atoms with Gasteiger partial charge in [-0.2, -0.15) is 0 Å². The fraction of sp³-hybridized carbons (Fsp3) is 0.480. The molecular weight excluding hydrogens is 424 g/mol. The second-order valence-electron chi connectivity index (χ2n) is 9.34. The Kier molecular flexibility index (Phi) is 6.54. The van der Waals surface area contributed by atoms with Crippen LogP contribution in [-0.4, -0.2) is 58.8 Å². The number of rotatable bonds is 5. The summed E-state index contributed by atoms with van der Waals surface area (Å²) < 4.78 is 0. The predicted octanol–water partition coefficient (Wildman–Crippen LogP) is 4.08. The average Bonchev–Trinajstić information content (AvgIpc) is 3.30. The lowest BCUT2D eigenvalue weighted by Gasteiger charge is -2.27. The summed E-state index contributed by atoms with van der Waals surface area (Å²) >= 11 is 6.16. The van der Waals surface area contributed by atoms with E-state index in [9.17, 15) is 9.59 Å². The molecule has 7 heteroatoms. The van der Waals surface area contributed by atoms with Crippen molar-refractivity contribution in [1.29, 1.82) is 0 Å². The van der Waals surface area contributed by atoms with E-state index in [2.05, 4.69) is 22.1 Å². The Labute approximate surface area is 195 Å². The molecule has 4 rings (SSSR count). The number of aryl methyl sites for hydroxylation is 3. The van der Waals surface area contributed by atoms with Crippen LogP contribution >= 0.6 is 11.6 Å². The third-order valence-corrected chi connectivity index (χ3v) is 7.33. The molecule has 3 unspecified atom stereocenters. The molecule has 0 aliphatic carbocycles. The zero-order chi connectivity index (χ0) is 23.0. The van der Waals surface area contributed by atoms with Crippen LogP contribution in [0.1, 0.15) is 40.5 Å². The smallest absolute Gasteiger partial charge is 0.255 e. The highest BCUT2D eigenvalue weighted by atomic mass is 35.5. The summed E-state index contributed by atoms with van der Waals surface area (Å²) in [4.78, 5) is 34.3. The molecule has 32 heavy (non-hydrogen) atoms. The van der Waals surface area contributed by atoms with E-state index >= 15 is 0 Å². The molecule has 3 atom stereocenters. The van der Waals surface area contributed by atoms with Gasteiger partial charge in [-0.1, -0.05) is 17.7 Å². The largest absolute Gasteiger partial charge is 0.338 e. The molecular formula is C25H31ClN4O2. The number of halogens is 1. The van der Waals surface area contributed by atoms with Gasteiger partial charge in [0.05, 0.1) is 11.3 Å². The Hall–Kier alpha value is -2.44. The normalized spacial score (nSPS) is 21.5. The van der Waals surface area contributed by atoms with Crippen LogP contribution in [0.4, 0.5) is 5.69 Å². The topological polar surface area (TPSA) is 65.5 Å². The maximum Gasteiger partial charge on any atom is 0.255 e. The highest BCUT2D eigenvalue weighted by Crippen LogP contribution is 2.34.